The highest BCUT2D eigenvalue weighted by Gasteiger charge is 1.91. The summed E-state index contributed by atoms with van der Waals surface area (Å²) in [6.07, 6.45) is 8.39. The molecule has 0 aromatic heterocycles. The molecule has 0 heterocycles. The van der Waals surface area contributed by atoms with Crippen LogP contribution >= 0.6 is 0 Å². The Morgan fingerprint density at radius 1 is 1.00 bits per heavy atom. The normalized spacial score (nSPS) is 10.4. The van der Waals surface area contributed by atoms with Crippen molar-refractivity contribution in [1.29, 1.82) is 0 Å². The van der Waals surface area contributed by atoms with Crippen LogP contribution in [0, 0.1) is 0 Å². The summed E-state index contributed by atoms with van der Waals surface area (Å²) in [6, 6.07) is 0. The first-order valence-corrected chi connectivity index (χ1v) is 4.19. The summed E-state index contributed by atoms with van der Waals surface area (Å²) >= 11 is 0. The number of rotatable bonds is 6. The molecular formula is C11H12O4. The molecule has 0 amide bonds. The van der Waals surface area contributed by atoms with Crippen molar-refractivity contribution in [1.82, 2.24) is 0 Å². The minimum Gasteiger partial charge on any atom is -0.478 e. The van der Waals surface area contributed by atoms with Crippen molar-refractivity contribution in [3.05, 3.63) is 48.6 Å². The van der Waals surface area contributed by atoms with Gasteiger partial charge in [0.05, 0.1) is 0 Å². The number of allylic oxidation sites excluding steroid dienone is 5. The molecule has 0 radical (unpaired) electrons. The maximum absolute atomic E-state index is 10.2. The number of hydrogen-bond donors (Lipinski definition) is 2. The minimum atomic E-state index is -1.08. The molecule has 15 heavy (non-hydrogen) atoms. The third kappa shape index (κ3) is 8.24. The summed E-state index contributed by atoms with van der Waals surface area (Å²) in [5.41, 5.74) is 0.514. The molecule has 0 spiro atoms. The molecule has 2 N–H and O–H groups in total. The van der Waals surface area contributed by atoms with Crippen LogP contribution in [-0.4, -0.2) is 22.2 Å². The van der Waals surface area contributed by atoms with E-state index in [9.17, 15) is 9.59 Å². The topological polar surface area (TPSA) is 74.6 Å². The summed E-state index contributed by atoms with van der Waals surface area (Å²) in [7, 11) is 0. The fourth-order valence-corrected chi connectivity index (χ4v) is 0.746. The second kappa shape index (κ2) is 7.32. The van der Waals surface area contributed by atoms with Crippen LogP contribution in [0.1, 0.15) is 6.42 Å². The average Bonchev–Trinajstić information content (AvgIpc) is 2.16. The van der Waals surface area contributed by atoms with Crippen molar-refractivity contribution in [3.8, 4) is 0 Å². The highest BCUT2D eigenvalue weighted by molar-refractivity contribution is 5.82. The summed E-state index contributed by atoms with van der Waals surface area (Å²) in [5, 5.41) is 16.8. The number of carbonyl (C=O) groups is 2. The zero-order chi connectivity index (χ0) is 11.7. The Labute approximate surface area is 87.5 Å². The maximum atomic E-state index is 10.2. The first-order chi connectivity index (χ1) is 7.06. The smallest absolute Gasteiger partial charge is 0.328 e. The molecule has 0 saturated carbocycles. The van der Waals surface area contributed by atoms with E-state index < -0.39 is 11.9 Å². The first kappa shape index (κ1) is 12.9. The predicted octanol–water partition coefficient (Wildman–Crippen LogP) is 1.77. The molecule has 80 valence electrons. The standard InChI is InChI=1S/C11H12O4/c1-2-3-4-9(5-7-10(12)13)6-8-11(14)15/h2,4-8H,1,3H2,(H,12,13)(H,14,15). The highest BCUT2D eigenvalue weighted by atomic mass is 16.4. The molecule has 0 aromatic rings. The van der Waals surface area contributed by atoms with Gasteiger partial charge in [0, 0.05) is 12.2 Å². The maximum Gasteiger partial charge on any atom is 0.328 e. The lowest BCUT2D eigenvalue weighted by Crippen LogP contribution is -1.88. The van der Waals surface area contributed by atoms with Gasteiger partial charge in [0.2, 0.25) is 0 Å². The Morgan fingerprint density at radius 3 is 1.80 bits per heavy atom. The Kier molecular flexibility index (Phi) is 6.29. The molecule has 0 bridgehead atoms. The highest BCUT2D eigenvalue weighted by Crippen LogP contribution is 2.02. The SMILES string of the molecule is C=CCC=C(C=CC(=O)O)C=CC(=O)O. The van der Waals surface area contributed by atoms with E-state index in [1.165, 1.54) is 12.2 Å². The van der Waals surface area contributed by atoms with E-state index in [1.54, 1.807) is 12.2 Å². The van der Waals surface area contributed by atoms with Gasteiger partial charge in [-0.3, -0.25) is 0 Å². The molecule has 4 nitrogen and oxygen atoms in total. The van der Waals surface area contributed by atoms with Gasteiger partial charge >= 0.3 is 11.9 Å². The monoisotopic (exact) mass is 208 g/mol. The van der Waals surface area contributed by atoms with Gasteiger partial charge in [-0.25, -0.2) is 9.59 Å². The summed E-state index contributed by atoms with van der Waals surface area (Å²) < 4.78 is 0. The van der Waals surface area contributed by atoms with Crippen LogP contribution in [0.3, 0.4) is 0 Å². The average molecular weight is 208 g/mol. The van der Waals surface area contributed by atoms with Gasteiger partial charge in [0.15, 0.2) is 0 Å². The molecule has 0 aliphatic heterocycles. The molecule has 0 aliphatic carbocycles. The van der Waals surface area contributed by atoms with Crippen molar-refractivity contribution in [2.24, 2.45) is 0 Å². The molecule has 4 heteroatoms. The van der Waals surface area contributed by atoms with Crippen molar-refractivity contribution < 1.29 is 19.8 Å². The lowest BCUT2D eigenvalue weighted by atomic mass is 10.2. The van der Waals surface area contributed by atoms with Gasteiger partial charge in [0.25, 0.3) is 0 Å². The molecule has 0 rings (SSSR count). The minimum absolute atomic E-state index is 0.514. The van der Waals surface area contributed by atoms with E-state index in [0.29, 0.717) is 12.0 Å². The fraction of sp³-hybridized carbons (Fsp3) is 0.0909. The largest absolute Gasteiger partial charge is 0.478 e. The van der Waals surface area contributed by atoms with Crippen molar-refractivity contribution in [2.45, 2.75) is 6.42 Å². The Morgan fingerprint density at radius 2 is 1.47 bits per heavy atom. The summed E-state index contributed by atoms with van der Waals surface area (Å²) in [4.78, 5) is 20.5. The molecule has 0 aromatic carbocycles. The zero-order valence-electron chi connectivity index (χ0n) is 8.09. The van der Waals surface area contributed by atoms with Crippen LogP contribution in [0.25, 0.3) is 0 Å². The number of hydrogen-bond acceptors (Lipinski definition) is 2. The molecule has 0 unspecified atom stereocenters. The van der Waals surface area contributed by atoms with Gasteiger partial charge < -0.3 is 10.2 Å². The lowest BCUT2D eigenvalue weighted by molar-refractivity contribution is -0.132. The van der Waals surface area contributed by atoms with Gasteiger partial charge in [0.1, 0.15) is 0 Å². The fourth-order valence-electron chi connectivity index (χ4n) is 0.746. The van der Waals surface area contributed by atoms with E-state index in [-0.39, 0.29) is 0 Å². The Balaban J connectivity index is 4.65. The second-order valence-electron chi connectivity index (χ2n) is 2.57. The summed E-state index contributed by atoms with van der Waals surface area (Å²) in [6.45, 7) is 3.50. The van der Waals surface area contributed by atoms with Crippen molar-refractivity contribution in [2.75, 3.05) is 0 Å². The van der Waals surface area contributed by atoms with Crippen LogP contribution < -0.4 is 0 Å². The molecule has 0 aliphatic rings. The first-order valence-electron chi connectivity index (χ1n) is 4.19. The predicted molar refractivity (Wildman–Crippen MR) is 56.4 cm³/mol. The van der Waals surface area contributed by atoms with Crippen LogP contribution in [-0.2, 0) is 9.59 Å². The molecule has 0 fully saturated rings. The van der Waals surface area contributed by atoms with Crippen LogP contribution in [0.5, 0.6) is 0 Å². The zero-order valence-corrected chi connectivity index (χ0v) is 8.09. The molecular weight excluding hydrogens is 196 g/mol. The van der Waals surface area contributed by atoms with E-state index in [0.717, 1.165) is 12.2 Å². The van der Waals surface area contributed by atoms with E-state index in [1.807, 2.05) is 0 Å². The van der Waals surface area contributed by atoms with Crippen LogP contribution in [0.15, 0.2) is 48.6 Å². The van der Waals surface area contributed by atoms with Crippen LogP contribution in [0.2, 0.25) is 0 Å². The number of aliphatic carboxylic acids is 2. The second-order valence-corrected chi connectivity index (χ2v) is 2.57. The quantitative estimate of drug-likeness (QED) is 0.396. The van der Waals surface area contributed by atoms with E-state index in [2.05, 4.69) is 6.58 Å². The third-order valence-electron chi connectivity index (χ3n) is 1.36. The van der Waals surface area contributed by atoms with Gasteiger partial charge in [-0.1, -0.05) is 12.2 Å². The third-order valence-corrected chi connectivity index (χ3v) is 1.36. The molecule has 0 saturated heterocycles. The number of carboxylic acids is 2. The van der Waals surface area contributed by atoms with E-state index >= 15 is 0 Å². The van der Waals surface area contributed by atoms with Gasteiger partial charge in [-0.15, -0.1) is 6.58 Å². The van der Waals surface area contributed by atoms with Crippen LogP contribution in [0.4, 0.5) is 0 Å². The Bertz CT molecular complexity index is 308. The van der Waals surface area contributed by atoms with Crippen molar-refractivity contribution >= 4 is 11.9 Å². The molecule has 0 atom stereocenters. The summed E-state index contributed by atoms with van der Waals surface area (Å²) in [5.74, 6) is -2.16. The van der Waals surface area contributed by atoms with Crippen molar-refractivity contribution in [3.63, 3.8) is 0 Å². The number of carboxylic acid groups (broad SMARTS) is 2. The lowest BCUT2D eigenvalue weighted by Gasteiger charge is -1.91. The van der Waals surface area contributed by atoms with E-state index in [4.69, 9.17) is 10.2 Å². The van der Waals surface area contributed by atoms with Gasteiger partial charge in [-0.05, 0) is 24.1 Å². The van der Waals surface area contributed by atoms with Gasteiger partial charge in [-0.2, -0.15) is 0 Å². The Hall–Kier alpha value is -2.10.